The van der Waals surface area contributed by atoms with E-state index in [4.69, 9.17) is 0 Å². The molecule has 0 spiro atoms. The summed E-state index contributed by atoms with van der Waals surface area (Å²) in [7, 11) is 4.09. The van der Waals surface area contributed by atoms with Crippen LogP contribution in [0.4, 0.5) is 5.69 Å². The first-order chi connectivity index (χ1) is 15.9. The van der Waals surface area contributed by atoms with Crippen molar-refractivity contribution in [1.29, 1.82) is 0 Å². The summed E-state index contributed by atoms with van der Waals surface area (Å²) in [6.45, 7) is 3.40. The molecule has 176 valence electrons. The number of rotatable bonds is 10. The molecule has 0 saturated heterocycles. The Balaban J connectivity index is 1.35. The van der Waals surface area contributed by atoms with Crippen LogP contribution in [0.2, 0.25) is 0 Å². The molecule has 1 aliphatic heterocycles. The van der Waals surface area contributed by atoms with Crippen LogP contribution in [-0.2, 0) is 22.7 Å². The average molecular weight is 449 g/mol. The third-order valence-electron chi connectivity index (χ3n) is 6.73. The molecular formula is C27H36N4O2. The van der Waals surface area contributed by atoms with Crippen molar-refractivity contribution < 1.29 is 9.59 Å². The van der Waals surface area contributed by atoms with Gasteiger partial charge in [0.2, 0.25) is 11.8 Å². The number of carbonyl (C=O) groups excluding carboxylic acids is 2. The van der Waals surface area contributed by atoms with Crippen molar-refractivity contribution in [2.75, 3.05) is 19.4 Å². The van der Waals surface area contributed by atoms with Crippen LogP contribution in [0.25, 0.3) is 0 Å². The Hall–Kier alpha value is -2.86. The number of hydrogen-bond donors (Lipinski definition) is 3. The molecule has 1 fully saturated rings. The van der Waals surface area contributed by atoms with Crippen molar-refractivity contribution in [3.05, 3.63) is 65.2 Å². The first kappa shape index (κ1) is 23.3. The molecule has 2 amide bonds. The van der Waals surface area contributed by atoms with E-state index in [1.807, 2.05) is 32.3 Å². The lowest BCUT2D eigenvalue weighted by molar-refractivity contribution is -0.129. The van der Waals surface area contributed by atoms with Gasteiger partial charge >= 0.3 is 0 Å². The molecule has 2 aromatic rings. The van der Waals surface area contributed by atoms with Gasteiger partial charge in [-0.15, -0.1) is 0 Å². The van der Waals surface area contributed by atoms with Crippen molar-refractivity contribution in [3.8, 4) is 0 Å². The number of benzene rings is 2. The summed E-state index contributed by atoms with van der Waals surface area (Å²) in [5.41, 5.74) is 4.44. The molecule has 2 aliphatic rings. The largest absolute Gasteiger partial charge is 0.373 e. The SMILES string of the molecule is CC1c2ccccc2NC1C(=O)NC(CCC1CC1)C(=O)NCc1ccc(CN(C)C)cc1. The summed E-state index contributed by atoms with van der Waals surface area (Å²) in [6, 6.07) is 15.5. The molecule has 0 aromatic heterocycles. The predicted octanol–water partition coefficient (Wildman–Crippen LogP) is 3.64. The van der Waals surface area contributed by atoms with Crippen molar-refractivity contribution in [2.24, 2.45) is 5.92 Å². The summed E-state index contributed by atoms with van der Waals surface area (Å²) >= 11 is 0. The fourth-order valence-corrected chi connectivity index (χ4v) is 4.57. The van der Waals surface area contributed by atoms with Crippen LogP contribution in [0.5, 0.6) is 0 Å². The standard InChI is InChI=1S/C27H36N4O2/c1-18-22-6-4-5-7-23(22)29-25(18)27(33)30-24(15-14-19-8-9-19)26(32)28-16-20-10-12-21(13-11-20)17-31(2)3/h4-7,10-13,18-19,24-25,29H,8-9,14-17H2,1-3H3,(H,28,32)(H,30,33). The Morgan fingerprint density at radius 3 is 2.42 bits per heavy atom. The number of amides is 2. The topological polar surface area (TPSA) is 73.5 Å². The minimum atomic E-state index is -0.510. The number of anilines is 1. The number of para-hydroxylation sites is 1. The highest BCUT2D eigenvalue weighted by atomic mass is 16.2. The van der Waals surface area contributed by atoms with E-state index < -0.39 is 6.04 Å². The van der Waals surface area contributed by atoms with Gasteiger partial charge in [-0.1, -0.05) is 62.2 Å². The highest BCUT2D eigenvalue weighted by Gasteiger charge is 2.35. The van der Waals surface area contributed by atoms with Gasteiger partial charge in [-0.3, -0.25) is 9.59 Å². The Morgan fingerprint density at radius 2 is 1.76 bits per heavy atom. The van der Waals surface area contributed by atoms with E-state index in [0.29, 0.717) is 18.9 Å². The second kappa shape index (κ2) is 10.4. The first-order valence-electron chi connectivity index (χ1n) is 12.1. The molecule has 0 radical (unpaired) electrons. The molecular weight excluding hydrogens is 412 g/mol. The van der Waals surface area contributed by atoms with Crippen LogP contribution >= 0.6 is 0 Å². The minimum Gasteiger partial charge on any atom is -0.373 e. The molecule has 1 aliphatic carbocycles. The molecule has 1 heterocycles. The number of nitrogens with zero attached hydrogens (tertiary/aromatic N) is 1. The molecule has 6 heteroatoms. The van der Waals surface area contributed by atoms with E-state index in [1.165, 1.54) is 18.4 Å². The van der Waals surface area contributed by atoms with Crippen LogP contribution < -0.4 is 16.0 Å². The highest BCUT2D eigenvalue weighted by molar-refractivity contribution is 5.93. The molecule has 1 saturated carbocycles. The van der Waals surface area contributed by atoms with E-state index >= 15 is 0 Å². The van der Waals surface area contributed by atoms with Crippen molar-refractivity contribution >= 4 is 17.5 Å². The van der Waals surface area contributed by atoms with E-state index in [2.05, 4.69) is 58.1 Å². The van der Waals surface area contributed by atoms with Crippen LogP contribution in [0, 0.1) is 5.92 Å². The highest BCUT2D eigenvalue weighted by Crippen LogP contribution is 2.36. The normalized spacial score (nSPS) is 20.1. The summed E-state index contributed by atoms with van der Waals surface area (Å²) in [4.78, 5) is 28.3. The third-order valence-corrected chi connectivity index (χ3v) is 6.73. The van der Waals surface area contributed by atoms with Gasteiger partial charge in [-0.05, 0) is 55.6 Å². The van der Waals surface area contributed by atoms with Crippen LogP contribution in [0.15, 0.2) is 48.5 Å². The Kier molecular flexibility index (Phi) is 7.33. The van der Waals surface area contributed by atoms with E-state index in [1.54, 1.807) is 0 Å². The maximum atomic E-state index is 13.1. The lowest BCUT2D eigenvalue weighted by Gasteiger charge is -2.23. The predicted molar refractivity (Wildman–Crippen MR) is 132 cm³/mol. The molecule has 2 aromatic carbocycles. The molecule has 3 N–H and O–H groups in total. The molecule has 6 nitrogen and oxygen atoms in total. The lowest BCUT2D eigenvalue weighted by Crippen LogP contribution is -2.51. The smallest absolute Gasteiger partial charge is 0.243 e. The minimum absolute atomic E-state index is 0.0639. The number of hydrogen-bond acceptors (Lipinski definition) is 4. The van der Waals surface area contributed by atoms with Crippen molar-refractivity contribution in [2.45, 2.75) is 63.7 Å². The Morgan fingerprint density at radius 1 is 1.06 bits per heavy atom. The van der Waals surface area contributed by atoms with Gasteiger partial charge in [0.15, 0.2) is 0 Å². The maximum Gasteiger partial charge on any atom is 0.243 e. The zero-order valence-electron chi connectivity index (χ0n) is 19.9. The number of fused-ring (bicyclic) bond motifs is 1. The summed E-state index contributed by atoms with van der Waals surface area (Å²) in [5, 5.41) is 9.43. The van der Waals surface area contributed by atoms with Crippen molar-refractivity contribution in [3.63, 3.8) is 0 Å². The second-order valence-electron chi connectivity index (χ2n) is 9.85. The zero-order chi connectivity index (χ0) is 23.4. The van der Waals surface area contributed by atoms with E-state index in [9.17, 15) is 9.59 Å². The van der Waals surface area contributed by atoms with Crippen LogP contribution in [-0.4, -0.2) is 42.9 Å². The molecule has 4 rings (SSSR count). The van der Waals surface area contributed by atoms with Crippen LogP contribution in [0.3, 0.4) is 0 Å². The molecule has 0 bridgehead atoms. The van der Waals surface area contributed by atoms with Gasteiger partial charge in [-0.25, -0.2) is 0 Å². The average Bonchev–Trinajstić information content (AvgIpc) is 3.57. The first-order valence-corrected chi connectivity index (χ1v) is 12.1. The van der Waals surface area contributed by atoms with Gasteiger partial charge in [-0.2, -0.15) is 0 Å². The van der Waals surface area contributed by atoms with Crippen molar-refractivity contribution in [1.82, 2.24) is 15.5 Å². The fraction of sp³-hybridized carbons (Fsp3) is 0.481. The molecule has 3 unspecified atom stereocenters. The Labute approximate surface area is 197 Å². The van der Waals surface area contributed by atoms with Gasteiger partial charge in [0.25, 0.3) is 0 Å². The summed E-state index contributed by atoms with van der Waals surface area (Å²) < 4.78 is 0. The summed E-state index contributed by atoms with van der Waals surface area (Å²) in [6.07, 6.45) is 4.12. The summed E-state index contributed by atoms with van der Waals surface area (Å²) in [5.74, 6) is 0.551. The van der Waals surface area contributed by atoms with E-state index in [0.717, 1.165) is 29.8 Å². The third kappa shape index (κ3) is 6.14. The zero-order valence-corrected chi connectivity index (χ0v) is 19.9. The lowest BCUT2D eigenvalue weighted by atomic mass is 9.96. The monoisotopic (exact) mass is 448 g/mol. The second-order valence-corrected chi connectivity index (χ2v) is 9.85. The van der Waals surface area contributed by atoms with Gasteiger partial charge in [0.1, 0.15) is 12.1 Å². The number of carbonyl (C=O) groups is 2. The quantitative estimate of drug-likeness (QED) is 0.519. The Bertz CT molecular complexity index is 968. The fourth-order valence-electron chi connectivity index (χ4n) is 4.57. The molecule has 33 heavy (non-hydrogen) atoms. The van der Waals surface area contributed by atoms with Gasteiger partial charge in [0, 0.05) is 24.7 Å². The van der Waals surface area contributed by atoms with E-state index in [-0.39, 0.29) is 23.8 Å². The number of nitrogens with one attached hydrogen (secondary N) is 3. The molecule has 3 atom stereocenters. The van der Waals surface area contributed by atoms with Gasteiger partial charge in [0.05, 0.1) is 0 Å². The van der Waals surface area contributed by atoms with Crippen LogP contribution in [0.1, 0.15) is 55.2 Å². The maximum absolute atomic E-state index is 13.1. The van der Waals surface area contributed by atoms with Gasteiger partial charge < -0.3 is 20.9 Å².